The molecule has 1 aromatic heterocycles. The van der Waals surface area contributed by atoms with Gasteiger partial charge < -0.3 is 25.0 Å². The Labute approximate surface area is 180 Å². The Hall–Kier alpha value is -3.56. The van der Waals surface area contributed by atoms with Gasteiger partial charge in [-0.3, -0.25) is 4.90 Å². The van der Waals surface area contributed by atoms with Gasteiger partial charge in [0.25, 0.3) is 0 Å². The molecule has 4 rings (SSSR count). The van der Waals surface area contributed by atoms with Crippen LogP contribution in [-0.2, 0) is 11.3 Å². The second kappa shape index (κ2) is 8.66. The van der Waals surface area contributed by atoms with Gasteiger partial charge in [0, 0.05) is 44.6 Å². The van der Waals surface area contributed by atoms with Crippen LogP contribution in [0.2, 0.25) is 0 Å². The monoisotopic (exact) mass is 426 g/mol. The molecule has 1 fully saturated rings. The average Bonchev–Trinajstić information content (AvgIpc) is 2.79. The summed E-state index contributed by atoms with van der Waals surface area (Å²) in [5.74, 6) is 1.03. The number of ether oxygens (including phenoxy) is 1. The lowest BCUT2D eigenvalue weighted by Gasteiger charge is -2.34. The first-order valence-corrected chi connectivity index (χ1v) is 10.4. The van der Waals surface area contributed by atoms with Crippen molar-refractivity contribution in [3.63, 3.8) is 0 Å². The zero-order valence-electron chi connectivity index (χ0n) is 17.6. The molecule has 2 aliphatic rings. The molecule has 2 amide bonds. The molecule has 2 aliphatic heterocycles. The highest BCUT2D eigenvalue weighted by Crippen LogP contribution is 2.27. The number of nitrogens with one attached hydrogen (secondary N) is 1. The third-order valence-electron chi connectivity index (χ3n) is 5.64. The van der Waals surface area contributed by atoms with Gasteiger partial charge in [0.1, 0.15) is 12.4 Å². The molecule has 0 spiro atoms. The highest BCUT2D eigenvalue weighted by molar-refractivity contribution is 5.89. The van der Waals surface area contributed by atoms with Crippen LogP contribution >= 0.6 is 0 Å². The van der Waals surface area contributed by atoms with Crippen molar-refractivity contribution < 1.29 is 19.4 Å². The first kappa shape index (κ1) is 20.7. The van der Waals surface area contributed by atoms with Crippen LogP contribution in [0.1, 0.15) is 31.0 Å². The van der Waals surface area contributed by atoms with E-state index in [4.69, 9.17) is 9.84 Å². The molecule has 3 heterocycles. The van der Waals surface area contributed by atoms with Crippen LogP contribution in [0, 0.1) is 0 Å². The maximum absolute atomic E-state index is 11.9. The van der Waals surface area contributed by atoms with Crippen LogP contribution in [-0.4, -0.2) is 64.9 Å². The second-order valence-electron chi connectivity index (χ2n) is 7.56. The van der Waals surface area contributed by atoms with Crippen LogP contribution in [0.3, 0.4) is 0 Å². The number of carbonyl (C=O) groups is 2. The zero-order chi connectivity index (χ0) is 22.0. The van der Waals surface area contributed by atoms with E-state index in [1.54, 1.807) is 6.20 Å². The fraction of sp³-hybridized carbons (Fsp3) is 0.429. The highest BCUT2D eigenvalue weighted by Gasteiger charge is 2.27. The van der Waals surface area contributed by atoms with Crippen LogP contribution in [0.25, 0.3) is 0 Å². The second-order valence-corrected chi connectivity index (χ2v) is 7.56. The van der Waals surface area contributed by atoms with Crippen LogP contribution in [0.15, 0.2) is 30.5 Å². The van der Waals surface area contributed by atoms with Gasteiger partial charge in [0.2, 0.25) is 5.95 Å². The molecule has 0 bridgehead atoms. The van der Waals surface area contributed by atoms with Crippen LogP contribution in [0.5, 0.6) is 0 Å². The Balaban J connectivity index is 1.41. The molecule has 10 heteroatoms. The Morgan fingerprint density at radius 1 is 1.23 bits per heavy atom. The Morgan fingerprint density at radius 2 is 1.94 bits per heavy atom. The maximum atomic E-state index is 11.9. The summed E-state index contributed by atoms with van der Waals surface area (Å²) in [6.45, 7) is 6.92. The smallest absolute Gasteiger partial charge is 0.415 e. The molecular weight excluding hydrogens is 400 g/mol. The minimum absolute atomic E-state index is 0.0402. The number of piperazine rings is 1. The zero-order valence-corrected chi connectivity index (χ0v) is 17.6. The number of hydrogen-bond donors (Lipinski definition) is 2. The summed E-state index contributed by atoms with van der Waals surface area (Å²) in [4.78, 5) is 37.0. The first-order chi connectivity index (χ1) is 15.0. The van der Waals surface area contributed by atoms with Gasteiger partial charge in [0.05, 0.1) is 11.6 Å². The molecule has 1 aromatic carbocycles. The van der Waals surface area contributed by atoms with Crippen LogP contribution < -0.4 is 15.1 Å². The lowest BCUT2D eigenvalue weighted by molar-refractivity contribution is 0.141. The van der Waals surface area contributed by atoms with Crippen molar-refractivity contribution in [3.05, 3.63) is 41.6 Å². The molecule has 0 radical (unpaired) electrons. The van der Waals surface area contributed by atoms with E-state index in [2.05, 4.69) is 20.2 Å². The number of nitrogens with zero attached hydrogens (tertiary/aromatic N) is 5. The summed E-state index contributed by atoms with van der Waals surface area (Å²) in [7, 11) is 0. The van der Waals surface area contributed by atoms with Gasteiger partial charge in [-0.1, -0.05) is 12.1 Å². The van der Waals surface area contributed by atoms with E-state index in [-0.39, 0.29) is 12.6 Å². The molecular formula is C21H26N6O4. The minimum Gasteiger partial charge on any atom is -0.465 e. The maximum Gasteiger partial charge on any atom is 0.415 e. The highest BCUT2D eigenvalue weighted by atomic mass is 16.6. The van der Waals surface area contributed by atoms with Crippen molar-refractivity contribution in [1.82, 2.24) is 14.9 Å². The number of carboxylic acid groups (broad SMARTS) is 1. The summed E-state index contributed by atoms with van der Waals surface area (Å²) in [6, 6.07) is 8.15. The Bertz CT molecular complexity index is 959. The van der Waals surface area contributed by atoms with Gasteiger partial charge in [-0.15, -0.1) is 0 Å². The summed E-state index contributed by atoms with van der Waals surface area (Å²) in [6.07, 6.45) is 0.428. The topological polar surface area (TPSA) is 111 Å². The number of cyclic esters (lactones) is 1. The number of anilines is 3. The fourth-order valence-corrected chi connectivity index (χ4v) is 3.79. The minimum atomic E-state index is -0.863. The first-order valence-electron chi connectivity index (χ1n) is 10.4. The molecule has 1 atom stereocenters. The van der Waals surface area contributed by atoms with E-state index >= 15 is 0 Å². The van der Waals surface area contributed by atoms with E-state index < -0.39 is 12.2 Å². The molecule has 0 aliphatic carbocycles. The lowest BCUT2D eigenvalue weighted by atomic mass is 10.1. The average molecular weight is 426 g/mol. The van der Waals surface area contributed by atoms with E-state index in [1.807, 2.05) is 38.1 Å². The molecule has 0 unspecified atom stereocenters. The fourth-order valence-electron chi connectivity index (χ4n) is 3.79. The van der Waals surface area contributed by atoms with Crippen molar-refractivity contribution in [2.45, 2.75) is 26.5 Å². The molecule has 1 saturated heterocycles. The third-order valence-corrected chi connectivity index (χ3v) is 5.64. The van der Waals surface area contributed by atoms with E-state index in [1.165, 1.54) is 9.80 Å². The van der Waals surface area contributed by atoms with Crippen LogP contribution in [0.4, 0.5) is 27.0 Å². The van der Waals surface area contributed by atoms with Crippen molar-refractivity contribution >= 4 is 29.6 Å². The number of benzene rings is 1. The number of fused-ring (bicyclic) bond motifs is 1. The van der Waals surface area contributed by atoms with Gasteiger partial charge >= 0.3 is 12.2 Å². The molecule has 164 valence electrons. The van der Waals surface area contributed by atoms with Gasteiger partial charge in [-0.25, -0.2) is 14.6 Å². The van der Waals surface area contributed by atoms with Crippen molar-refractivity contribution in [3.8, 4) is 0 Å². The number of amides is 2. The van der Waals surface area contributed by atoms with Crippen molar-refractivity contribution in [2.75, 3.05) is 47.8 Å². The number of aromatic nitrogens is 2. The normalized spacial score (nSPS) is 17.1. The van der Waals surface area contributed by atoms with Crippen molar-refractivity contribution in [1.29, 1.82) is 0 Å². The number of rotatable bonds is 5. The predicted octanol–water partition coefficient (Wildman–Crippen LogP) is 2.93. The molecule has 2 aromatic rings. The molecule has 31 heavy (non-hydrogen) atoms. The number of hydrogen-bond acceptors (Lipinski definition) is 7. The largest absolute Gasteiger partial charge is 0.465 e. The van der Waals surface area contributed by atoms with Crippen molar-refractivity contribution in [2.24, 2.45) is 0 Å². The third kappa shape index (κ3) is 4.32. The van der Waals surface area contributed by atoms with E-state index in [9.17, 15) is 9.59 Å². The molecule has 0 saturated carbocycles. The van der Waals surface area contributed by atoms with Gasteiger partial charge in [0.15, 0.2) is 0 Å². The SMILES string of the molecule is CCN1C(=O)OCc2cnc(N[C@@H](C)c3ccc(N4CCN(C(=O)O)CC4)cc3)nc21. The molecule has 2 N–H and O–H groups in total. The van der Waals surface area contributed by atoms with Gasteiger partial charge in [-0.05, 0) is 31.5 Å². The summed E-state index contributed by atoms with van der Waals surface area (Å²) in [5, 5.41) is 12.4. The number of carbonyl (C=O) groups excluding carboxylic acids is 1. The molecule has 10 nitrogen and oxygen atoms in total. The quantitative estimate of drug-likeness (QED) is 0.751. The van der Waals surface area contributed by atoms with E-state index in [0.717, 1.165) is 16.8 Å². The van der Waals surface area contributed by atoms with E-state index in [0.29, 0.717) is 44.5 Å². The Kier molecular flexibility index (Phi) is 5.79. The lowest BCUT2D eigenvalue weighted by Crippen LogP contribution is -2.48. The standard InChI is InChI=1S/C21H26N6O4/c1-3-27-18-16(13-31-21(27)30)12-22-19(24-18)23-14(2)15-4-6-17(7-5-15)25-8-10-26(11-9-25)20(28)29/h4-7,12,14H,3,8-11,13H2,1-2H3,(H,28,29)(H,22,23,24)/t14-/m0/s1. The Morgan fingerprint density at radius 3 is 2.58 bits per heavy atom. The summed E-state index contributed by atoms with van der Waals surface area (Å²) < 4.78 is 5.13. The van der Waals surface area contributed by atoms with Gasteiger partial charge in [-0.2, -0.15) is 4.98 Å². The summed E-state index contributed by atoms with van der Waals surface area (Å²) in [5.41, 5.74) is 2.93. The summed E-state index contributed by atoms with van der Waals surface area (Å²) >= 11 is 0. The predicted molar refractivity (Wildman–Crippen MR) is 116 cm³/mol.